The zero-order chi connectivity index (χ0) is 17.9. The van der Waals surface area contributed by atoms with Crippen LogP contribution in [0.5, 0.6) is 0 Å². The molecule has 0 saturated heterocycles. The molecule has 1 saturated carbocycles. The van der Waals surface area contributed by atoms with E-state index in [1.807, 2.05) is 18.3 Å². The number of fused-ring (bicyclic) bond motifs is 1. The Labute approximate surface area is 157 Å². The van der Waals surface area contributed by atoms with Gasteiger partial charge in [-0.3, -0.25) is 9.52 Å². The number of hydrogen-bond acceptors (Lipinski definition) is 4. The van der Waals surface area contributed by atoms with Crippen molar-refractivity contribution in [2.45, 2.75) is 38.1 Å². The molecule has 5 nitrogen and oxygen atoms in total. The third-order valence-electron chi connectivity index (χ3n) is 4.94. The molecule has 2 heterocycles. The van der Waals surface area contributed by atoms with Gasteiger partial charge < -0.3 is 10.3 Å². The summed E-state index contributed by atoms with van der Waals surface area (Å²) in [6.07, 6.45) is 11.3. The number of carbonyl (C=O) groups is 1. The first-order valence-electron chi connectivity index (χ1n) is 9.21. The average Bonchev–Trinajstić information content (AvgIpc) is 3.40. The highest BCUT2D eigenvalue weighted by Gasteiger charge is 2.30. The highest BCUT2D eigenvalue weighted by atomic mass is 32.2. The monoisotopic (exact) mass is 368 g/mol. The van der Waals surface area contributed by atoms with Gasteiger partial charge in [0.05, 0.1) is 0 Å². The number of nitrogens with one attached hydrogen (secondary N) is 3. The predicted octanol–water partition coefficient (Wildman–Crippen LogP) is 4.27. The third-order valence-corrected chi connectivity index (χ3v) is 5.84. The largest absolute Gasteiger partial charge is 0.346 e. The van der Waals surface area contributed by atoms with Gasteiger partial charge in [-0.1, -0.05) is 24.1 Å². The van der Waals surface area contributed by atoms with Gasteiger partial charge in [0.1, 0.15) is 11.5 Å². The fourth-order valence-corrected chi connectivity index (χ4v) is 4.02. The van der Waals surface area contributed by atoms with Gasteiger partial charge in [0.15, 0.2) is 0 Å². The van der Waals surface area contributed by atoms with Gasteiger partial charge in [-0.15, -0.1) is 6.58 Å². The molecule has 2 aliphatic rings. The second-order valence-corrected chi connectivity index (χ2v) is 7.83. The smallest absolute Gasteiger partial charge is 0.228 e. The molecule has 0 bridgehead atoms. The first kappa shape index (κ1) is 17.4. The maximum Gasteiger partial charge on any atom is 0.228 e. The molecule has 0 aromatic carbocycles. The highest BCUT2D eigenvalue weighted by molar-refractivity contribution is 7.97. The quantitative estimate of drug-likeness (QED) is 0.388. The summed E-state index contributed by atoms with van der Waals surface area (Å²) in [5.74, 6) is 1.84. The van der Waals surface area contributed by atoms with E-state index in [2.05, 4.69) is 38.7 Å². The molecule has 6 heteroatoms. The number of aromatic nitrogens is 2. The van der Waals surface area contributed by atoms with Crippen molar-refractivity contribution < 1.29 is 4.79 Å². The number of H-pyrrole nitrogens is 1. The minimum Gasteiger partial charge on any atom is -0.346 e. The first-order valence-corrected chi connectivity index (χ1v) is 10.2. The number of amides is 1. The SMILES string of the molecule is C=CCSNC1CC=C(c2cc(NC(=O)C3CC3)nc3[nH]ccc23)CC1. The molecule has 26 heavy (non-hydrogen) atoms. The lowest BCUT2D eigenvalue weighted by Gasteiger charge is -2.23. The molecular formula is C20H24N4OS. The van der Waals surface area contributed by atoms with E-state index in [1.165, 1.54) is 11.1 Å². The van der Waals surface area contributed by atoms with Crippen LogP contribution < -0.4 is 10.0 Å². The Hall–Kier alpha value is -2.05. The van der Waals surface area contributed by atoms with Crippen LogP contribution in [0.1, 0.15) is 37.7 Å². The summed E-state index contributed by atoms with van der Waals surface area (Å²) in [5.41, 5.74) is 3.35. The van der Waals surface area contributed by atoms with Crippen LogP contribution in [0.2, 0.25) is 0 Å². The summed E-state index contributed by atoms with van der Waals surface area (Å²) in [5, 5.41) is 4.10. The van der Waals surface area contributed by atoms with E-state index in [9.17, 15) is 4.79 Å². The van der Waals surface area contributed by atoms with Crippen molar-refractivity contribution >= 4 is 40.3 Å². The summed E-state index contributed by atoms with van der Waals surface area (Å²) in [6, 6.07) is 4.60. The molecule has 0 radical (unpaired) electrons. The van der Waals surface area contributed by atoms with Crippen LogP contribution in [0.3, 0.4) is 0 Å². The Morgan fingerprint density at radius 3 is 3.04 bits per heavy atom. The normalized spacial score (nSPS) is 20.0. The van der Waals surface area contributed by atoms with E-state index in [4.69, 9.17) is 0 Å². The molecule has 0 spiro atoms. The van der Waals surface area contributed by atoms with E-state index in [0.717, 1.165) is 48.9 Å². The van der Waals surface area contributed by atoms with Gasteiger partial charge in [-0.2, -0.15) is 0 Å². The average molecular weight is 369 g/mol. The van der Waals surface area contributed by atoms with Crippen LogP contribution >= 0.6 is 11.9 Å². The summed E-state index contributed by atoms with van der Waals surface area (Å²) in [6.45, 7) is 3.75. The molecule has 1 atom stereocenters. The Morgan fingerprint density at radius 2 is 2.31 bits per heavy atom. The maximum atomic E-state index is 12.1. The lowest BCUT2D eigenvalue weighted by Crippen LogP contribution is -2.25. The summed E-state index contributed by atoms with van der Waals surface area (Å²) in [4.78, 5) is 19.9. The van der Waals surface area contributed by atoms with Crippen molar-refractivity contribution in [1.82, 2.24) is 14.7 Å². The van der Waals surface area contributed by atoms with E-state index in [1.54, 1.807) is 11.9 Å². The molecular weight excluding hydrogens is 344 g/mol. The number of hydrogen-bond donors (Lipinski definition) is 3. The number of aromatic amines is 1. The van der Waals surface area contributed by atoms with Crippen LogP contribution in [0, 0.1) is 5.92 Å². The lowest BCUT2D eigenvalue weighted by molar-refractivity contribution is -0.117. The highest BCUT2D eigenvalue weighted by Crippen LogP contribution is 2.34. The molecule has 3 N–H and O–H groups in total. The van der Waals surface area contributed by atoms with Crippen LogP contribution in [0.15, 0.2) is 37.1 Å². The Bertz CT molecular complexity index is 853. The van der Waals surface area contributed by atoms with Crippen LogP contribution in [0.25, 0.3) is 16.6 Å². The zero-order valence-electron chi connectivity index (χ0n) is 14.8. The van der Waals surface area contributed by atoms with Gasteiger partial charge in [-0.25, -0.2) is 4.98 Å². The molecule has 1 unspecified atom stereocenters. The molecule has 4 rings (SSSR count). The number of nitrogens with zero attached hydrogens (tertiary/aromatic N) is 1. The molecule has 2 aromatic heterocycles. The minimum absolute atomic E-state index is 0.0930. The third kappa shape index (κ3) is 3.86. The van der Waals surface area contributed by atoms with Crippen LogP contribution in [0.4, 0.5) is 5.82 Å². The van der Waals surface area contributed by atoms with Gasteiger partial charge in [0.2, 0.25) is 5.91 Å². The number of pyridine rings is 1. The van der Waals surface area contributed by atoms with E-state index in [-0.39, 0.29) is 11.8 Å². The summed E-state index contributed by atoms with van der Waals surface area (Å²) in [7, 11) is 0. The van der Waals surface area contributed by atoms with Crippen molar-refractivity contribution in [3.63, 3.8) is 0 Å². The van der Waals surface area contributed by atoms with Gasteiger partial charge >= 0.3 is 0 Å². The van der Waals surface area contributed by atoms with Gasteiger partial charge in [-0.05, 0) is 55.4 Å². The minimum atomic E-state index is 0.0930. The fraction of sp³-hybridized carbons (Fsp3) is 0.400. The van der Waals surface area contributed by atoms with Crippen molar-refractivity contribution in [1.29, 1.82) is 0 Å². The number of anilines is 1. The Morgan fingerprint density at radius 1 is 1.42 bits per heavy atom. The second-order valence-electron chi connectivity index (χ2n) is 6.98. The molecule has 2 aliphatic carbocycles. The molecule has 1 amide bonds. The van der Waals surface area contributed by atoms with Crippen LogP contribution in [-0.4, -0.2) is 27.7 Å². The van der Waals surface area contributed by atoms with Crippen molar-refractivity contribution in [2.75, 3.05) is 11.1 Å². The van der Waals surface area contributed by atoms with Gasteiger partial charge in [0.25, 0.3) is 0 Å². The second kappa shape index (κ2) is 7.68. The van der Waals surface area contributed by atoms with Gasteiger partial charge in [0, 0.05) is 29.3 Å². The number of carbonyl (C=O) groups excluding carboxylic acids is 1. The van der Waals surface area contributed by atoms with Crippen molar-refractivity contribution in [3.8, 4) is 0 Å². The standard InChI is InChI=1S/C20H24N4OS/c1-2-11-26-24-15-7-5-13(6-8-15)17-12-18(23-20(25)14-3-4-14)22-19-16(17)9-10-21-19/h2,5,9-10,12,14-15,24H,1,3-4,6-8,11H2,(H2,21,22,23,25). The zero-order valence-corrected chi connectivity index (χ0v) is 15.6. The molecule has 1 fully saturated rings. The molecule has 0 aliphatic heterocycles. The predicted molar refractivity (Wildman–Crippen MR) is 109 cm³/mol. The lowest BCUT2D eigenvalue weighted by atomic mass is 9.90. The summed E-state index contributed by atoms with van der Waals surface area (Å²) >= 11 is 1.72. The Kier molecular flexibility index (Phi) is 5.13. The molecule has 2 aromatic rings. The molecule has 136 valence electrons. The topological polar surface area (TPSA) is 69.8 Å². The van der Waals surface area contributed by atoms with Crippen LogP contribution in [-0.2, 0) is 4.79 Å². The summed E-state index contributed by atoms with van der Waals surface area (Å²) < 4.78 is 3.51. The van der Waals surface area contributed by atoms with E-state index in [0.29, 0.717) is 11.9 Å². The fourth-order valence-electron chi connectivity index (χ4n) is 3.35. The first-order chi connectivity index (χ1) is 12.7. The Balaban J connectivity index is 1.54. The van der Waals surface area contributed by atoms with Crippen molar-refractivity contribution in [3.05, 3.63) is 42.6 Å². The van der Waals surface area contributed by atoms with Crippen molar-refractivity contribution in [2.24, 2.45) is 5.92 Å². The van der Waals surface area contributed by atoms with E-state index >= 15 is 0 Å². The maximum absolute atomic E-state index is 12.1. The number of rotatable bonds is 7. The van der Waals surface area contributed by atoms with E-state index < -0.39 is 0 Å². The number of allylic oxidation sites excluding steroid dienone is 1.